The van der Waals surface area contributed by atoms with Crippen molar-refractivity contribution < 1.29 is 0 Å². The van der Waals surface area contributed by atoms with Gasteiger partial charge in [-0.15, -0.1) is 11.6 Å². The molecule has 182 valence electrons. The van der Waals surface area contributed by atoms with E-state index < -0.39 is 0 Å². The maximum atomic E-state index is 6.22. The maximum Gasteiger partial charge on any atom is 0.0514 e. The van der Waals surface area contributed by atoms with E-state index in [2.05, 4.69) is 39.7 Å². The first-order valence-corrected chi connectivity index (χ1v) is 13.5. The van der Waals surface area contributed by atoms with Crippen molar-refractivity contribution in [1.29, 1.82) is 0 Å². The number of allylic oxidation sites excluding steroid dienone is 5. The zero-order valence-electron chi connectivity index (χ0n) is 21.0. The number of fused-ring (bicyclic) bond motifs is 5. The van der Waals surface area contributed by atoms with E-state index in [0.717, 1.165) is 36.2 Å². The SMILES string of the molecule is C.C=C1CCC2(C)C(CC=C3C2CCC2(C)C(C(=C)CCC(=C)C(C)Cl)CCC32)C1.CC. The van der Waals surface area contributed by atoms with E-state index in [-0.39, 0.29) is 12.8 Å². The predicted molar refractivity (Wildman–Crippen MR) is 145 cm³/mol. The average molecular weight is 459 g/mol. The smallest absolute Gasteiger partial charge is 0.0514 e. The molecule has 3 saturated carbocycles. The lowest BCUT2D eigenvalue weighted by atomic mass is 9.47. The summed E-state index contributed by atoms with van der Waals surface area (Å²) in [5.41, 5.74) is 6.88. The van der Waals surface area contributed by atoms with Gasteiger partial charge in [0.05, 0.1) is 5.38 Å². The minimum absolute atomic E-state index is 0. The third-order valence-electron chi connectivity index (χ3n) is 9.85. The molecular weight excluding hydrogens is 408 g/mol. The van der Waals surface area contributed by atoms with Crippen LogP contribution in [0.2, 0.25) is 0 Å². The van der Waals surface area contributed by atoms with Crippen LogP contribution in [0.15, 0.2) is 48.1 Å². The fraction of sp³-hybridized carbons (Fsp3) is 0.742. The van der Waals surface area contributed by atoms with E-state index >= 15 is 0 Å². The van der Waals surface area contributed by atoms with Gasteiger partial charge in [-0.25, -0.2) is 0 Å². The van der Waals surface area contributed by atoms with Gasteiger partial charge in [0.15, 0.2) is 0 Å². The van der Waals surface area contributed by atoms with Crippen molar-refractivity contribution in [1.82, 2.24) is 0 Å². The second kappa shape index (κ2) is 10.7. The van der Waals surface area contributed by atoms with Crippen molar-refractivity contribution in [3.05, 3.63) is 48.1 Å². The van der Waals surface area contributed by atoms with Crippen molar-refractivity contribution in [2.45, 2.75) is 112 Å². The van der Waals surface area contributed by atoms with Gasteiger partial charge in [-0.1, -0.05) is 83.2 Å². The molecule has 0 aromatic carbocycles. The summed E-state index contributed by atoms with van der Waals surface area (Å²) in [4.78, 5) is 0. The van der Waals surface area contributed by atoms with Crippen molar-refractivity contribution in [2.75, 3.05) is 0 Å². The molecular formula is C31H51Cl. The molecule has 4 rings (SSSR count). The van der Waals surface area contributed by atoms with E-state index in [1.807, 2.05) is 26.3 Å². The zero-order chi connectivity index (χ0) is 23.0. The first-order chi connectivity index (χ1) is 14.7. The molecule has 7 atom stereocenters. The Morgan fingerprint density at radius 1 is 1.06 bits per heavy atom. The molecule has 0 amide bonds. The summed E-state index contributed by atoms with van der Waals surface area (Å²) in [6, 6.07) is 0. The summed E-state index contributed by atoms with van der Waals surface area (Å²) in [6.07, 6.45) is 15.4. The predicted octanol–water partition coefficient (Wildman–Crippen LogP) is 10.3. The molecule has 32 heavy (non-hydrogen) atoms. The van der Waals surface area contributed by atoms with Crippen molar-refractivity contribution in [3.63, 3.8) is 0 Å². The Bertz CT molecular complexity index is 740. The highest BCUT2D eigenvalue weighted by Crippen LogP contribution is 2.67. The monoisotopic (exact) mass is 458 g/mol. The van der Waals surface area contributed by atoms with Gasteiger partial charge in [0.2, 0.25) is 0 Å². The Morgan fingerprint density at radius 3 is 2.38 bits per heavy atom. The first-order valence-electron chi connectivity index (χ1n) is 13.0. The van der Waals surface area contributed by atoms with Gasteiger partial charge < -0.3 is 0 Å². The van der Waals surface area contributed by atoms with Gasteiger partial charge >= 0.3 is 0 Å². The first kappa shape index (κ1) is 27.5. The highest BCUT2D eigenvalue weighted by atomic mass is 35.5. The molecule has 7 unspecified atom stereocenters. The van der Waals surface area contributed by atoms with Gasteiger partial charge in [0, 0.05) is 0 Å². The highest BCUT2D eigenvalue weighted by Gasteiger charge is 2.57. The van der Waals surface area contributed by atoms with Crippen LogP contribution in [0.1, 0.15) is 106 Å². The van der Waals surface area contributed by atoms with Gasteiger partial charge in [0.1, 0.15) is 0 Å². The molecule has 0 heterocycles. The normalized spacial score (nSPS) is 38.6. The summed E-state index contributed by atoms with van der Waals surface area (Å²) in [5, 5.41) is 0.0674. The van der Waals surface area contributed by atoms with Gasteiger partial charge in [-0.2, -0.15) is 0 Å². The van der Waals surface area contributed by atoms with Crippen LogP contribution in [-0.2, 0) is 0 Å². The lowest BCUT2D eigenvalue weighted by Crippen LogP contribution is -2.48. The number of alkyl halides is 1. The summed E-state index contributed by atoms with van der Waals surface area (Å²) < 4.78 is 0. The molecule has 0 aromatic rings. The molecule has 0 radical (unpaired) electrons. The minimum atomic E-state index is 0. The molecule has 3 fully saturated rings. The standard InChI is InChI=1S/C28H41Cl.C2H6.CH4/c1-18-13-15-27(5)22(17-18)9-10-23-25-12-11-24(28(25,6)16-14-26(23)27)20(3)8-7-19(2)21(4)29;1-2;/h10,21-22,24-26H,1-3,7-9,11-17H2,4-6H3;1-2H3;1H4. The number of hydrogen-bond donors (Lipinski definition) is 0. The molecule has 0 bridgehead atoms. The summed E-state index contributed by atoms with van der Waals surface area (Å²) in [6.45, 7) is 24.3. The minimum Gasteiger partial charge on any atom is -0.119 e. The Balaban J connectivity index is 0.00000118. The molecule has 0 nitrogen and oxygen atoms in total. The molecule has 0 aliphatic heterocycles. The van der Waals surface area contributed by atoms with Gasteiger partial charge in [-0.05, 0) is 106 Å². The third kappa shape index (κ3) is 4.73. The zero-order valence-corrected chi connectivity index (χ0v) is 21.8. The van der Waals surface area contributed by atoms with Crippen LogP contribution >= 0.6 is 11.6 Å². The molecule has 0 saturated heterocycles. The Labute approximate surface area is 205 Å². The Kier molecular flexibility index (Phi) is 9.17. The molecule has 4 aliphatic rings. The fourth-order valence-electron chi connectivity index (χ4n) is 7.78. The Morgan fingerprint density at radius 2 is 1.72 bits per heavy atom. The topological polar surface area (TPSA) is 0 Å². The third-order valence-corrected chi connectivity index (χ3v) is 10.2. The van der Waals surface area contributed by atoms with Crippen LogP contribution in [0.5, 0.6) is 0 Å². The maximum absolute atomic E-state index is 6.22. The second-order valence-corrected chi connectivity index (χ2v) is 12.0. The van der Waals surface area contributed by atoms with Crippen molar-refractivity contribution in [3.8, 4) is 0 Å². The van der Waals surface area contributed by atoms with Gasteiger partial charge in [0.25, 0.3) is 0 Å². The number of rotatable bonds is 5. The van der Waals surface area contributed by atoms with Crippen molar-refractivity contribution in [2.24, 2.45) is 34.5 Å². The fourth-order valence-corrected chi connectivity index (χ4v) is 7.89. The quantitative estimate of drug-likeness (QED) is 0.283. The molecule has 1 heteroatoms. The lowest BCUT2D eigenvalue weighted by molar-refractivity contribution is 0.0130. The van der Waals surface area contributed by atoms with E-state index in [4.69, 9.17) is 11.6 Å². The number of halogens is 1. The molecule has 0 N–H and O–H groups in total. The average Bonchev–Trinajstić information content (AvgIpc) is 3.11. The molecule has 0 spiro atoms. The van der Waals surface area contributed by atoms with Crippen LogP contribution < -0.4 is 0 Å². The van der Waals surface area contributed by atoms with Crippen LogP contribution in [0.3, 0.4) is 0 Å². The van der Waals surface area contributed by atoms with Crippen LogP contribution in [0.25, 0.3) is 0 Å². The van der Waals surface area contributed by atoms with Crippen LogP contribution in [-0.4, -0.2) is 5.38 Å². The second-order valence-electron chi connectivity index (χ2n) is 11.3. The lowest BCUT2D eigenvalue weighted by Gasteiger charge is -2.57. The van der Waals surface area contributed by atoms with Crippen LogP contribution in [0, 0.1) is 34.5 Å². The number of hydrogen-bond acceptors (Lipinski definition) is 0. The molecule has 0 aromatic heterocycles. The van der Waals surface area contributed by atoms with E-state index in [0.29, 0.717) is 16.7 Å². The van der Waals surface area contributed by atoms with E-state index in [1.165, 1.54) is 62.5 Å². The van der Waals surface area contributed by atoms with Crippen LogP contribution in [0.4, 0.5) is 0 Å². The van der Waals surface area contributed by atoms with E-state index in [1.54, 1.807) is 0 Å². The van der Waals surface area contributed by atoms with Gasteiger partial charge in [-0.3, -0.25) is 0 Å². The summed E-state index contributed by atoms with van der Waals surface area (Å²) >= 11 is 6.22. The van der Waals surface area contributed by atoms with E-state index in [9.17, 15) is 0 Å². The highest BCUT2D eigenvalue weighted by molar-refractivity contribution is 6.22. The molecule has 4 aliphatic carbocycles. The summed E-state index contributed by atoms with van der Waals surface area (Å²) in [7, 11) is 0. The Hall–Kier alpha value is -0.750. The van der Waals surface area contributed by atoms with Crippen molar-refractivity contribution >= 4 is 11.6 Å². The largest absolute Gasteiger partial charge is 0.119 e. The summed E-state index contributed by atoms with van der Waals surface area (Å²) in [5.74, 6) is 3.10.